The zero-order valence-electron chi connectivity index (χ0n) is 14.8. The van der Waals surface area contributed by atoms with Crippen molar-refractivity contribution in [2.45, 2.75) is 38.1 Å². The van der Waals surface area contributed by atoms with Crippen LogP contribution >= 0.6 is 15.9 Å². The summed E-state index contributed by atoms with van der Waals surface area (Å²) < 4.78 is 28.1. The number of hydrogen-bond acceptors (Lipinski definition) is 3. The molecule has 3 rings (SSSR count). The summed E-state index contributed by atoms with van der Waals surface area (Å²) in [6.07, 6.45) is 3.92. The van der Waals surface area contributed by atoms with E-state index in [1.54, 1.807) is 0 Å². The normalized spacial score (nSPS) is 15.9. The number of nitrogens with zero attached hydrogens (tertiary/aromatic N) is 1. The van der Waals surface area contributed by atoms with Gasteiger partial charge >= 0.3 is 0 Å². The highest BCUT2D eigenvalue weighted by atomic mass is 79.9. The summed E-state index contributed by atoms with van der Waals surface area (Å²) >= 11 is 3.37. The van der Waals surface area contributed by atoms with Crippen LogP contribution < -0.4 is 4.72 Å². The van der Waals surface area contributed by atoms with Crippen LogP contribution in [-0.4, -0.2) is 26.4 Å². The molecule has 140 valence electrons. The van der Waals surface area contributed by atoms with Crippen molar-refractivity contribution in [2.75, 3.05) is 13.1 Å². The van der Waals surface area contributed by atoms with Crippen LogP contribution in [0.4, 0.5) is 0 Å². The number of rotatable bonds is 7. The lowest BCUT2D eigenvalue weighted by Crippen LogP contribution is -2.29. The van der Waals surface area contributed by atoms with Gasteiger partial charge in [-0.15, -0.1) is 0 Å². The number of hydrogen-bond donors (Lipinski definition) is 1. The van der Waals surface area contributed by atoms with E-state index in [9.17, 15) is 8.42 Å². The molecule has 4 nitrogen and oxygen atoms in total. The first-order valence-corrected chi connectivity index (χ1v) is 11.5. The van der Waals surface area contributed by atoms with Gasteiger partial charge in [-0.25, -0.2) is 13.1 Å². The molecule has 0 amide bonds. The van der Waals surface area contributed by atoms with Crippen molar-refractivity contribution in [3.8, 4) is 0 Å². The van der Waals surface area contributed by atoms with Gasteiger partial charge in [-0.05, 0) is 54.8 Å². The van der Waals surface area contributed by atoms with E-state index >= 15 is 0 Å². The zero-order chi connectivity index (χ0) is 18.4. The van der Waals surface area contributed by atoms with E-state index in [-0.39, 0.29) is 5.75 Å². The fraction of sp³-hybridized carbons (Fsp3) is 0.400. The van der Waals surface area contributed by atoms with E-state index in [0.717, 1.165) is 22.1 Å². The quantitative estimate of drug-likeness (QED) is 0.711. The van der Waals surface area contributed by atoms with Crippen LogP contribution in [0.5, 0.6) is 0 Å². The van der Waals surface area contributed by atoms with Crippen LogP contribution in [0.25, 0.3) is 0 Å². The molecule has 0 aliphatic carbocycles. The van der Waals surface area contributed by atoms with Crippen LogP contribution in [0.15, 0.2) is 53.0 Å². The SMILES string of the molecule is O=S(=O)(Cc1cccc(Br)c1)NCc1ccc(CN2CCCCC2)cc1. The van der Waals surface area contributed by atoms with Crippen molar-refractivity contribution in [1.29, 1.82) is 0 Å². The highest BCUT2D eigenvalue weighted by Crippen LogP contribution is 2.15. The van der Waals surface area contributed by atoms with Crippen molar-refractivity contribution in [2.24, 2.45) is 0 Å². The maximum absolute atomic E-state index is 12.3. The van der Waals surface area contributed by atoms with Crippen LogP contribution in [0.1, 0.15) is 36.0 Å². The number of nitrogens with one attached hydrogen (secondary N) is 1. The first-order chi connectivity index (χ1) is 12.5. The molecule has 0 bridgehead atoms. The lowest BCUT2D eigenvalue weighted by atomic mass is 10.1. The standard InChI is InChI=1S/C20H25BrN2O2S/c21-20-6-4-5-19(13-20)16-26(24,25)22-14-17-7-9-18(10-8-17)15-23-11-2-1-3-12-23/h4-10,13,22H,1-3,11-12,14-16H2. The average Bonchev–Trinajstić information content (AvgIpc) is 2.62. The fourth-order valence-corrected chi connectivity index (χ4v) is 4.78. The summed E-state index contributed by atoms with van der Waals surface area (Å²) in [6, 6.07) is 15.6. The third-order valence-corrected chi connectivity index (χ3v) is 6.41. The van der Waals surface area contributed by atoms with Crippen molar-refractivity contribution in [1.82, 2.24) is 9.62 Å². The molecule has 1 fully saturated rings. The molecule has 0 atom stereocenters. The molecule has 1 N–H and O–H groups in total. The molecule has 0 aromatic heterocycles. The van der Waals surface area contributed by atoms with Crippen LogP contribution in [0.3, 0.4) is 0 Å². The molecular weight excluding hydrogens is 412 g/mol. The maximum Gasteiger partial charge on any atom is 0.216 e. The Balaban J connectivity index is 1.52. The molecule has 0 saturated carbocycles. The minimum atomic E-state index is -3.36. The highest BCUT2D eigenvalue weighted by molar-refractivity contribution is 9.10. The number of benzene rings is 2. The van der Waals surface area contributed by atoms with Gasteiger partial charge in [0.2, 0.25) is 10.0 Å². The second kappa shape index (κ2) is 9.13. The number of sulfonamides is 1. The molecule has 1 aliphatic rings. The second-order valence-corrected chi connectivity index (χ2v) is 9.59. The molecule has 2 aromatic carbocycles. The van der Waals surface area contributed by atoms with Crippen molar-refractivity contribution in [3.05, 3.63) is 69.7 Å². The largest absolute Gasteiger partial charge is 0.299 e. The van der Waals surface area contributed by atoms with Gasteiger partial charge in [0.05, 0.1) is 5.75 Å². The van der Waals surface area contributed by atoms with Crippen LogP contribution in [0, 0.1) is 0 Å². The topological polar surface area (TPSA) is 49.4 Å². The summed E-state index contributed by atoms with van der Waals surface area (Å²) in [5, 5.41) is 0. The first-order valence-electron chi connectivity index (χ1n) is 9.02. The Morgan fingerprint density at radius 2 is 1.62 bits per heavy atom. The molecule has 1 aliphatic heterocycles. The Morgan fingerprint density at radius 1 is 0.923 bits per heavy atom. The van der Waals surface area contributed by atoms with Gasteiger partial charge in [-0.1, -0.05) is 58.7 Å². The van der Waals surface area contributed by atoms with Crippen molar-refractivity contribution < 1.29 is 8.42 Å². The summed E-state index contributed by atoms with van der Waals surface area (Å²) in [7, 11) is -3.36. The number of halogens is 1. The van der Waals surface area contributed by atoms with E-state index in [4.69, 9.17) is 0 Å². The Hall–Kier alpha value is -1.21. The third kappa shape index (κ3) is 6.20. The van der Waals surface area contributed by atoms with E-state index in [1.165, 1.54) is 37.9 Å². The van der Waals surface area contributed by atoms with Gasteiger partial charge in [0, 0.05) is 17.6 Å². The maximum atomic E-state index is 12.3. The zero-order valence-corrected chi connectivity index (χ0v) is 17.2. The van der Waals surface area contributed by atoms with Gasteiger partial charge in [0.1, 0.15) is 0 Å². The van der Waals surface area contributed by atoms with E-state index in [2.05, 4.69) is 37.7 Å². The molecule has 0 unspecified atom stereocenters. The van der Waals surface area contributed by atoms with Crippen molar-refractivity contribution in [3.63, 3.8) is 0 Å². The lowest BCUT2D eigenvalue weighted by molar-refractivity contribution is 0.221. The molecule has 0 radical (unpaired) electrons. The minimum absolute atomic E-state index is 0.0144. The predicted molar refractivity (Wildman–Crippen MR) is 109 cm³/mol. The second-order valence-electron chi connectivity index (χ2n) is 6.86. The molecule has 1 saturated heterocycles. The Morgan fingerprint density at radius 3 is 2.31 bits per heavy atom. The highest BCUT2D eigenvalue weighted by Gasteiger charge is 2.12. The smallest absolute Gasteiger partial charge is 0.216 e. The molecule has 26 heavy (non-hydrogen) atoms. The number of likely N-dealkylation sites (tertiary alicyclic amines) is 1. The van der Waals surface area contributed by atoms with Gasteiger partial charge in [-0.2, -0.15) is 0 Å². The minimum Gasteiger partial charge on any atom is -0.299 e. The van der Waals surface area contributed by atoms with E-state index in [0.29, 0.717) is 6.54 Å². The third-order valence-electron chi connectivity index (χ3n) is 4.62. The predicted octanol–water partition coefficient (Wildman–Crippen LogP) is 4.05. The van der Waals surface area contributed by atoms with E-state index < -0.39 is 10.0 Å². The van der Waals surface area contributed by atoms with Gasteiger partial charge in [0.25, 0.3) is 0 Å². The van der Waals surface area contributed by atoms with E-state index in [1.807, 2.05) is 36.4 Å². The van der Waals surface area contributed by atoms with Crippen LogP contribution in [-0.2, 0) is 28.9 Å². The fourth-order valence-electron chi connectivity index (χ4n) is 3.23. The molecule has 1 heterocycles. The summed E-state index contributed by atoms with van der Waals surface area (Å²) in [4.78, 5) is 2.49. The summed E-state index contributed by atoms with van der Waals surface area (Å²) in [5.74, 6) is -0.0144. The lowest BCUT2D eigenvalue weighted by Gasteiger charge is -2.26. The molecule has 6 heteroatoms. The average molecular weight is 437 g/mol. The Kier molecular flexibility index (Phi) is 6.86. The van der Waals surface area contributed by atoms with Gasteiger partial charge in [0.15, 0.2) is 0 Å². The Labute approximate surface area is 164 Å². The van der Waals surface area contributed by atoms with Crippen molar-refractivity contribution >= 4 is 26.0 Å². The molecule has 0 spiro atoms. The summed E-state index contributed by atoms with van der Waals surface area (Å²) in [6.45, 7) is 3.66. The number of piperidine rings is 1. The van der Waals surface area contributed by atoms with Crippen LogP contribution in [0.2, 0.25) is 0 Å². The molecular formula is C20H25BrN2O2S. The van der Waals surface area contributed by atoms with Gasteiger partial charge < -0.3 is 0 Å². The Bertz CT molecular complexity index is 816. The monoisotopic (exact) mass is 436 g/mol. The first kappa shape index (κ1) is 19.5. The molecule has 2 aromatic rings. The van der Waals surface area contributed by atoms with Gasteiger partial charge in [-0.3, -0.25) is 4.90 Å². The summed E-state index contributed by atoms with van der Waals surface area (Å²) in [5.41, 5.74) is 3.03.